The summed E-state index contributed by atoms with van der Waals surface area (Å²) in [4.78, 5) is 4.94. The molecule has 0 saturated heterocycles. The second kappa shape index (κ2) is 4.04. The van der Waals surface area contributed by atoms with E-state index in [0.717, 1.165) is 0 Å². The van der Waals surface area contributed by atoms with Crippen molar-refractivity contribution in [2.24, 2.45) is 0 Å². The third-order valence-electron chi connectivity index (χ3n) is 5.27. The first kappa shape index (κ1) is 12.1. The van der Waals surface area contributed by atoms with Crippen LogP contribution in [0.1, 0.15) is 18.4 Å². The van der Waals surface area contributed by atoms with E-state index in [2.05, 4.69) is 84.4 Å². The lowest BCUT2D eigenvalue weighted by Gasteiger charge is -2.27. The molecule has 0 N–H and O–H groups in total. The normalized spacial score (nSPS) is 21.9. The van der Waals surface area contributed by atoms with Gasteiger partial charge in [-0.25, -0.2) is 0 Å². The zero-order chi connectivity index (χ0) is 14.8. The van der Waals surface area contributed by atoms with Crippen molar-refractivity contribution in [3.05, 3.63) is 66.2 Å². The molecule has 0 radical (unpaired) electrons. The standard InChI is InChI=1S/C20H18N2/c1-13-16-11-14-7-3-4-8-15(14)12-19(16)22-18-10-6-5-9-17(18)21(2)20(13)22/h3-13,20H,1-2H3. The number of hydrogen-bond donors (Lipinski definition) is 0. The first-order valence-electron chi connectivity index (χ1n) is 7.89. The van der Waals surface area contributed by atoms with Gasteiger partial charge in [0.2, 0.25) is 0 Å². The summed E-state index contributed by atoms with van der Waals surface area (Å²) in [5.74, 6) is 0.497. The molecular formula is C20H18N2. The fraction of sp³-hybridized carbons (Fsp3) is 0.200. The summed E-state index contributed by atoms with van der Waals surface area (Å²) >= 11 is 0. The molecule has 2 atom stereocenters. The van der Waals surface area contributed by atoms with Crippen LogP contribution in [0.2, 0.25) is 0 Å². The number of fused-ring (bicyclic) bond motifs is 6. The lowest BCUT2D eigenvalue weighted by Crippen LogP contribution is -2.37. The maximum Gasteiger partial charge on any atom is 0.113 e. The molecule has 22 heavy (non-hydrogen) atoms. The van der Waals surface area contributed by atoms with E-state index in [-0.39, 0.29) is 0 Å². The van der Waals surface area contributed by atoms with Gasteiger partial charge in [-0.15, -0.1) is 0 Å². The molecule has 108 valence electrons. The molecule has 3 aromatic rings. The fourth-order valence-electron chi connectivity index (χ4n) is 4.24. The van der Waals surface area contributed by atoms with E-state index in [9.17, 15) is 0 Å². The number of para-hydroxylation sites is 2. The van der Waals surface area contributed by atoms with Crippen LogP contribution in [0.25, 0.3) is 10.8 Å². The largest absolute Gasteiger partial charge is 0.352 e. The molecule has 0 bridgehead atoms. The van der Waals surface area contributed by atoms with Crippen molar-refractivity contribution >= 4 is 27.8 Å². The molecule has 2 aliphatic heterocycles. The molecule has 0 aliphatic carbocycles. The van der Waals surface area contributed by atoms with Crippen molar-refractivity contribution in [1.82, 2.24) is 0 Å². The Labute approximate surface area is 130 Å². The van der Waals surface area contributed by atoms with Crippen LogP contribution in [-0.2, 0) is 0 Å². The van der Waals surface area contributed by atoms with E-state index < -0.39 is 0 Å². The van der Waals surface area contributed by atoms with E-state index in [4.69, 9.17) is 0 Å². The van der Waals surface area contributed by atoms with Gasteiger partial charge in [0, 0.05) is 18.7 Å². The summed E-state index contributed by atoms with van der Waals surface area (Å²) in [7, 11) is 2.21. The molecule has 0 fully saturated rings. The molecular weight excluding hydrogens is 268 g/mol. The average molecular weight is 286 g/mol. The van der Waals surface area contributed by atoms with Gasteiger partial charge < -0.3 is 9.80 Å². The van der Waals surface area contributed by atoms with Gasteiger partial charge in [-0.1, -0.05) is 43.3 Å². The summed E-state index contributed by atoms with van der Waals surface area (Å²) in [5.41, 5.74) is 5.49. The van der Waals surface area contributed by atoms with Gasteiger partial charge in [0.15, 0.2) is 0 Å². The van der Waals surface area contributed by atoms with Crippen LogP contribution in [0.15, 0.2) is 60.7 Å². The van der Waals surface area contributed by atoms with E-state index in [1.165, 1.54) is 33.4 Å². The van der Waals surface area contributed by atoms with E-state index in [1.54, 1.807) is 0 Å². The van der Waals surface area contributed by atoms with Gasteiger partial charge in [0.05, 0.1) is 11.4 Å². The lowest BCUT2D eigenvalue weighted by molar-refractivity contribution is 0.605. The van der Waals surface area contributed by atoms with Crippen molar-refractivity contribution in [3.8, 4) is 0 Å². The Morgan fingerprint density at radius 3 is 2.18 bits per heavy atom. The molecule has 0 spiro atoms. The SMILES string of the molecule is CC1c2cc3ccccc3cc2N2c3ccccc3N(C)C12. The zero-order valence-electron chi connectivity index (χ0n) is 12.8. The highest BCUT2D eigenvalue weighted by atomic mass is 15.4. The van der Waals surface area contributed by atoms with Gasteiger partial charge in [0.25, 0.3) is 0 Å². The van der Waals surface area contributed by atoms with E-state index in [1.807, 2.05) is 0 Å². The Bertz CT molecular complexity index is 899. The Morgan fingerprint density at radius 1 is 0.773 bits per heavy atom. The van der Waals surface area contributed by atoms with Crippen molar-refractivity contribution < 1.29 is 0 Å². The predicted molar refractivity (Wildman–Crippen MR) is 93.1 cm³/mol. The molecule has 2 aliphatic rings. The van der Waals surface area contributed by atoms with Crippen LogP contribution in [0.3, 0.4) is 0 Å². The Kier molecular flexibility index (Phi) is 2.22. The molecule has 3 aromatic carbocycles. The second-order valence-electron chi connectivity index (χ2n) is 6.43. The van der Waals surface area contributed by atoms with Crippen LogP contribution in [-0.4, -0.2) is 13.2 Å². The molecule has 2 heteroatoms. The summed E-state index contributed by atoms with van der Waals surface area (Å²) in [6.07, 6.45) is 0.393. The number of nitrogens with zero attached hydrogens (tertiary/aromatic N) is 2. The summed E-state index contributed by atoms with van der Waals surface area (Å²) in [6, 6.07) is 22.1. The Hall–Kier alpha value is -2.48. The maximum atomic E-state index is 2.52. The van der Waals surface area contributed by atoms with Gasteiger partial charge in [-0.2, -0.15) is 0 Å². The first-order chi connectivity index (χ1) is 10.8. The third kappa shape index (κ3) is 1.35. The Morgan fingerprint density at radius 2 is 1.41 bits per heavy atom. The summed E-state index contributed by atoms with van der Waals surface area (Å²) in [5, 5.41) is 2.66. The van der Waals surface area contributed by atoms with Gasteiger partial charge in [0.1, 0.15) is 6.17 Å². The summed E-state index contributed by atoms with van der Waals surface area (Å²) in [6.45, 7) is 2.35. The lowest BCUT2D eigenvalue weighted by atomic mass is 9.97. The van der Waals surface area contributed by atoms with E-state index >= 15 is 0 Å². The van der Waals surface area contributed by atoms with Crippen molar-refractivity contribution in [2.45, 2.75) is 19.0 Å². The molecule has 2 unspecified atom stereocenters. The molecule has 0 aromatic heterocycles. The number of anilines is 3. The summed E-state index contributed by atoms with van der Waals surface area (Å²) < 4.78 is 0. The first-order valence-corrected chi connectivity index (χ1v) is 7.89. The van der Waals surface area contributed by atoms with Crippen molar-refractivity contribution in [1.29, 1.82) is 0 Å². The predicted octanol–water partition coefficient (Wildman–Crippen LogP) is 4.87. The highest BCUT2D eigenvalue weighted by Crippen LogP contribution is 2.54. The van der Waals surface area contributed by atoms with Crippen molar-refractivity contribution in [3.63, 3.8) is 0 Å². The highest BCUT2D eigenvalue weighted by molar-refractivity contribution is 5.94. The quantitative estimate of drug-likeness (QED) is 0.581. The van der Waals surface area contributed by atoms with Crippen LogP contribution >= 0.6 is 0 Å². The minimum atomic E-state index is 0.393. The van der Waals surface area contributed by atoms with Crippen LogP contribution < -0.4 is 9.80 Å². The maximum absolute atomic E-state index is 2.52. The van der Waals surface area contributed by atoms with Gasteiger partial charge >= 0.3 is 0 Å². The van der Waals surface area contributed by atoms with E-state index in [0.29, 0.717) is 12.1 Å². The molecule has 2 nitrogen and oxygen atoms in total. The minimum Gasteiger partial charge on any atom is -0.352 e. The smallest absolute Gasteiger partial charge is 0.113 e. The number of likely N-dealkylation sites (N-methyl/N-ethyl adjacent to an activating group) is 1. The fourth-order valence-corrected chi connectivity index (χ4v) is 4.24. The monoisotopic (exact) mass is 286 g/mol. The number of benzene rings is 3. The van der Waals surface area contributed by atoms with Crippen LogP contribution in [0.4, 0.5) is 17.1 Å². The second-order valence-corrected chi connectivity index (χ2v) is 6.43. The molecule has 0 amide bonds. The third-order valence-corrected chi connectivity index (χ3v) is 5.27. The minimum absolute atomic E-state index is 0.393. The number of hydrogen-bond acceptors (Lipinski definition) is 2. The highest BCUT2D eigenvalue weighted by Gasteiger charge is 2.44. The van der Waals surface area contributed by atoms with Gasteiger partial charge in [-0.05, 0) is 40.6 Å². The topological polar surface area (TPSA) is 6.48 Å². The number of rotatable bonds is 0. The van der Waals surface area contributed by atoms with Crippen LogP contribution in [0, 0.1) is 0 Å². The van der Waals surface area contributed by atoms with Gasteiger partial charge in [-0.3, -0.25) is 0 Å². The molecule has 0 saturated carbocycles. The van der Waals surface area contributed by atoms with Crippen molar-refractivity contribution in [2.75, 3.05) is 16.8 Å². The Balaban J connectivity index is 1.81. The van der Waals surface area contributed by atoms with Crippen LogP contribution in [0.5, 0.6) is 0 Å². The molecule has 5 rings (SSSR count). The average Bonchev–Trinajstić information content (AvgIpc) is 3.01. The molecule has 2 heterocycles. The zero-order valence-corrected chi connectivity index (χ0v) is 12.8.